The predicted molar refractivity (Wildman–Crippen MR) is 96.8 cm³/mol. The average Bonchev–Trinajstić information content (AvgIpc) is 3.26. The number of amides is 2. The summed E-state index contributed by atoms with van der Waals surface area (Å²) in [5.41, 5.74) is 0.499. The molecule has 0 unspecified atom stereocenters. The van der Waals surface area contributed by atoms with Crippen LogP contribution < -0.4 is 15.4 Å². The third kappa shape index (κ3) is 4.53. The van der Waals surface area contributed by atoms with Gasteiger partial charge in [0.15, 0.2) is 5.76 Å². The van der Waals surface area contributed by atoms with Gasteiger partial charge in [0.25, 0.3) is 15.9 Å². The van der Waals surface area contributed by atoms with Crippen LogP contribution in [0.5, 0.6) is 0 Å². The molecule has 1 aliphatic heterocycles. The first-order valence-electron chi connectivity index (χ1n) is 8.22. The summed E-state index contributed by atoms with van der Waals surface area (Å²) in [5.74, 6) is -0.158. The highest BCUT2D eigenvalue weighted by atomic mass is 32.2. The van der Waals surface area contributed by atoms with Crippen molar-refractivity contribution in [3.05, 3.63) is 54.0 Å². The second-order valence-electron chi connectivity index (χ2n) is 5.67. The molecule has 0 radical (unpaired) electrons. The van der Waals surface area contributed by atoms with Crippen LogP contribution in [-0.2, 0) is 14.8 Å². The minimum atomic E-state index is -3.58. The number of sulfonamides is 1. The van der Waals surface area contributed by atoms with Gasteiger partial charge in [-0.15, -0.1) is 0 Å². The third-order valence-corrected chi connectivity index (χ3v) is 5.15. The Morgan fingerprint density at radius 3 is 2.63 bits per heavy atom. The van der Waals surface area contributed by atoms with Crippen molar-refractivity contribution >= 4 is 27.7 Å². The van der Waals surface area contributed by atoms with Crippen molar-refractivity contribution in [3.8, 4) is 0 Å². The lowest BCUT2D eigenvalue weighted by atomic mass is 10.2. The summed E-state index contributed by atoms with van der Waals surface area (Å²) < 4.78 is 31.3. The standard InChI is InChI=1S/C17H18N4O5S/c22-15(18-9-10-20-17(23)13-5-3-11-26-13)7-8-19-16-12-4-1-2-6-14(12)27(24,25)21-16/h1-6,11H,7-10H2,(H,18,22)(H,19,21)(H,20,23). The van der Waals surface area contributed by atoms with E-state index in [9.17, 15) is 18.0 Å². The van der Waals surface area contributed by atoms with Gasteiger partial charge in [-0.3, -0.25) is 19.3 Å². The Morgan fingerprint density at radius 1 is 1.07 bits per heavy atom. The topological polar surface area (TPSA) is 130 Å². The largest absolute Gasteiger partial charge is 0.459 e. The van der Waals surface area contributed by atoms with Gasteiger partial charge in [-0.1, -0.05) is 12.1 Å². The zero-order valence-corrected chi connectivity index (χ0v) is 15.1. The zero-order chi connectivity index (χ0) is 19.3. The van der Waals surface area contributed by atoms with Crippen molar-refractivity contribution in [2.45, 2.75) is 11.3 Å². The van der Waals surface area contributed by atoms with Crippen LogP contribution in [0.4, 0.5) is 0 Å². The Hall–Kier alpha value is -3.14. The van der Waals surface area contributed by atoms with Gasteiger partial charge in [0.1, 0.15) is 5.84 Å². The number of nitrogens with one attached hydrogen (secondary N) is 3. The first kappa shape index (κ1) is 18.6. The molecular formula is C17H18N4O5S. The number of aliphatic imine (C=N–C) groups is 1. The third-order valence-electron chi connectivity index (χ3n) is 3.75. The van der Waals surface area contributed by atoms with Crippen LogP contribution in [-0.4, -0.2) is 45.7 Å². The molecule has 0 bridgehead atoms. The molecule has 0 saturated heterocycles. The van der Waals surface area contributed by atoms with Gasteiger partial charge in [0.2, 0.25) is 5.91 Å². The normalized spacial score (nSPS) is 15.8. The van der Waals surface area contributed by atoms with Gasteiger partial charge in [0, 0.05) is 25.1 Å². The Morgan fingerprint density at radius 2 is 1.85 bits per heavy atom. The maximum absolute atomic E-state index is 12.0. The molecule has 0 saturated carbocycles. The molecule has 10 heteroatoms. The van der Waals surface area contributed by atoms with E-state index in [4.69, 9.17) is 4.42 Å². The van der Waals surface area contributed by atoms with Gasteiger partial charge in [0.05, 0.1) is 17.7 Å². The van der Waals surface area contributed by atoms with Gasteiger partial charge in [-0.25, -0.2) is 8.42 Å². The molecule has 3 rings (SSSR count). The lowest BCUT2D eigenvalue weighted by Crippen LogP contribution is -2.34. The van der Waals surface area contributed by atoms with E-state index in [1.54, 1.807) is 30.3 Å². The molecule has 9 nitrogen and oxygen atoms in total. The summed E-state index contributed by atoms with van der Waals surface area (Å²) in [6.07, 6.45) is 1.50. The van der Waals surface area contributed by atoms with E-state index in [0.717, 1.165) is 0 Å². The van der Waals surface area contributed by atoms with Gasteiger partial charge in [-0.2, -0.15) is 0 Å². The minimum absolute atomic E-state index is 0.0968. The van der Waals surface area contributed by atoms with Gasteiger partial charge < -0.3 is 15.1 Å². The van der Waals surface area contributed by atoms with Crippen LogP contribution in [0.2, 0.25) is 0 Å². The lowest BCUT2D eigenvalue weighted by Gasteiger charge is -2.05. The molecule has 1 aromatic carbocycles. The molecule has 27 heavy (non-hydrogen) atoms. The summed E-state index contributed by atoms with van der Waals surface area (Å²) in [4.78, 5) is 27.8. The molecule has 1 aliphatic rings. The smallest absolute Gasteiger partial charge is 0.287 e. The van der Waals surface area contributed by atoms with Crippen LogP contribution in [0.1, 0.15) is 22.5 Å². The van der Waals surface area contributed by atoms with Crippen molar-refractivity contribution in [1.29, 1.82) is 0 Å². The molecule has 2 amide bonds. The number of nitrogens with zero attached hydrogens (tertiary/aromatic N) is 1. The highest BCUT2D eigenvalue weighted by Crippen LogP contribution is 2.22. The number of benzene rings is 1. The Labute approximate surface area is 155 Å². The van der Waals surface area contributed by atoms with Crippen molar-refractivity contribution in [1.82, 2.24) is 15.4 Å². The number of furan rings is 1. The number of amidine groups is 1. The number of carbonyl (C=O) groups excluding carboxylic acids is 2. The summed E-state index contributed by atoms with van der Waals surface area (Å²) in [6, 6.07) is 9.68. The Bertz CT molecular complexity index is 967. The lowest BCUT2D eigenvalue weighted by molar-refractivity contribution is -0.120. The Balaban J connectivity index is 1.41. The molecule has 0 spiro atoms. The number of hydrogen-bond donors (Lipinski definition) is 3. The number of hydrogen-bond acceptors (Lipinski definition) is 6. The quantitative estimate of drug-likeness (QED) is 0.584. The highest BCUT2D eigenvalue weighted by Gasteiger charge is 2.29. The summed E-state index contributed by atoms with van der Waals surface area (Å²) in [5, 5.41) is 5.26. The first-order valence-corrected chi connectivity index (χ1v) is 9.71. The van der Waals surface area contributed by atoms with Crippen molar-refractivity contribution < 1.29 is 22.4 Å². The van der Waals surface area contributed by atoms with Crippen molar-refractivity contribution in [2.24, 2.45) is 4.99 Å². The van der Waals surface area contributed by atoms with Gasteiger partial charge in [-0.05, 0) is 24.3 Å². The first-order chi connectivity index (χ1) is 13.0. The second kappa shape index (κ2) is 8.04. The summed E-state index contributed by atoms with van der Waals surface area (Å²) >= 11 is 0. The molecule has 3 N–H and O–H groups in total. The fraction of sp³-hybridized carbons (Fsp3) is 0.235. The molecule has 1 aromatic heterocycles. The molecule has 0 atom stereocenters. The van der Waals surface area contributed by atoms with E-state index >= 15 is 0 Å². The minimum Gasteiger partial charge on any atom is -0.459 e. The van der Waals surface area contributed by atoms with Crippen molar-refractivity contribution in [2.75, 3.05) is 19.6 Å². The molecule has 142 valence electrons. The van der Waals surface area contributed by atoms with E-state index in [1.165, 1.54) is 12.3 Å². The Kier molecular flexibility index (Phi) is 5.55. The molecule has 0 fully saturated rings. The molecule has 2 aromatic rings. The van der Waals surface area contributed by atoms with E-state index in [2.05, 4.69) is 20.3 Å². The highest BCUT2D eigenvalue weighted by molar-refractivity contribution is 7.90. The van der Waals surface area contributed by atoms with E-state index in [-0.39, 0.29) is 54.4 Å². The second-order valence-corrected chi connectivity index (χ2v) is 7.32. The van der Waals surface area contributed by atoms with Crippen LogP contribution >= 0.6 is 0 Å². The fourth-order valence-electron chi connectivity index (χ4n) is 2.48. The number of carbonyl (C=O) groups is 2. The molecular weight excluding hydrogens is 372 g/mol. The monoisotopic (exact) mass is 390 g/mol. The van der Waals surface area contributed by atoms with Crippen LogP contribution in [0, 0.1) is 0 Å². The number of fused-ring (bicyclic) bond motifs is 1. The maximum atomic E-state index is 12.0. The summed E-state index contributed by atoms with van der Waals surface area (Å²) in [6.45, 7) is 0.654. The van der Waals surface area contributed by atoms with E-state index in [1.807, 2.05) is 0 Å². The molecule has 2 heterocycles. The number of rotatable bonds is 7. The van der Waals surface area contributed by atoms with Gasteiger partial charge >= 0.3 is 0 Å². The van der Waals surface area contributed by atoms with E-state index < -0.39 is 10.0 Å². The zero-order valence-electron chi connectivity index (χ0n) is 14.3. The van der Waals surface area contributed by atoms with Crippen LogP contribution in [0.15, 0.2) is 57.0 Å². The summed E-state index contributed by atoms with van der Waals surface area (Å²) in [7, 11) is -3.58. The maximum Gasteiger partial charge on any atom is 0.287 e. The average molecular weight is 390 g/mol. The molecule has 0 aliphatic carbocycles. The predicted octanol–water partition coefficient (Wildman–Crippen LogP) is 0.254. The fourth-order valence-corrected chi connectivity index (χ4v) is 3.73. The van der Waals surface area contributed by atoms with E-state index in [0.29, 0.717) is 5.56 Å². The SMILES string of the molecule is O=C(CCN=C1NS(=O)(=O)c2ccccc21)NCCNC(=O)c1ccco1. The van der Waals surface area contributed by atoms with Crippen LogP contribution in [0.3, 0.4) is 0 Å². The van der Waals surface area contributed by atoms with Crippen molar-refractivity contribution in [3.63, 3.8) is 0 Å². The van der Waals surface area contributed by atoms with Crippen LogP contribution in [0.25, 0.3) is 0 Å².